The van der Waals surface area contributed by atoms with Gasteiger partial charge >= 0.3 is 0 Å². The number of likely N-dealkylation sites (N-methyl/N-ethyl adjacent to an activating group) is 1. The zero-order chi connectivity index (χ0) is 17.1. The second-order valence-corrected chi connectivity index (χ2v) is 6.98. The van der Waals surface area contributed by atoms with Crippen LogP contribution in [0.25, 0.3) is 6.08 Å². The van der Waals surface area contributed by atoms with E-state index in [2.05, 4.69) is 4.99 Å². The molecule has 1 amide bonds. The number of hydrogen-bond donors (Lipinski definition) is 0. The average molecular weight is 358 g/mol. The fourth-order valence-corrected chi connectivity index (χ4v) is 3.54. The van der Waals surface area contributed by atoms with Crippen molar-refractivity contribution in [3.05, 3.63) is 64.8 Å². The molecule has 24 heavy (non-hydrogen) atoms. The molecule has 3 nitrogen and oxygen atoms in total. The quantitative estimate of drug-likeness (QED) is 0.585. The third kappa shape index (κ3) is 3.55. The van der Waals surface area contributed by atoms with E-state index in [1.807, 2.05) is 36.6 Å². The number of nitrogens with zero attached hydrogens (tertiary/aromatic N) is 2. The van der Waals surface area contributed by atoms with E-state index in [0.717, 1.165) is 5.56 Å². The Kier molecular flexibility index (Phi) is 5.06. The molecule has 0 atom stereocenters. The van der Waals surface area contributed by atoms with E-state index < -0.39 is 5.82 Å². The summed E-state index contributed by atoms with van der Waals surface area (Å²) in [6.45, 7) is 0. The summed E-state index contributed by atoms with van der Waals surface area (Å²) < 4.78 is 13.7. The number of hydrogen-bond acceptors (Lipinski definition) is 4. The van der Waals surface area contributed by atoms with Crippen LogP contribution in [0.4, 0.5) is 10.1 Å². The lowest BCUT2D eigenvalue weighted by atomic mass is 10.2. The number of carbonyl (C=O) groups excluding carboxylic acids is 1. The molecule has 0 unspecified atom stereocenters. The standard InChI is InChI=1S/C18H15FN2OS2/c1-21-17(22)16(11-12-7-9-13(23-2)10-8-12)24-18(21)20-15-6-4-3-5-14(15)19/h3-11H,1-2H3/b16-11+,20-18?. The van der Waals surface area contributed by atoms with Crippen molar-refractivity contribution in [1.29, 1.82) is 0 Å². The highest BCUT2D eigenvalue weighted by Crippen LogP contribution is 2.33. The van der Waals surface area contributed by atoms with Crippen molar-refractivity contribution < 1.29 is 9.18 Å². The fraction of sp³-hybridized carbons (Fsp3) is 0.111. The van der Waals surface area contributed by atoms with Crippen LogP contribution >= 0.6 is 23.5 Å². The summed E-state index contributed by atoms with van der Waals surface area (Å²) in [6.07, 6.45) is 3.85. The lowest BCUT2D eigenvalue weighted by molar-refractivity contribution is -0.121. The van der Waals surface area contributed by atoms with E-state index in [1.54, 1.807) is 37.0 Å². The molecule has 1 aliphatic heterocycles. The summed E-state index contributed by atoms with van der Waals surface area (Å²) in [6, 6.07) is 14.2. The first-order valence-corrected chi connectivity index (χ1v) is 9.27. The van der Waals surface area contributed by atoms with Gasteiger partial charge in [0.1, 0.15) is 11.5 Å². The molecule has 0 radical (unpaired) electrons. The monoisotopic (exact) mass is 358 g/mol. The molecule has 1 fully saturated rings. The maximum atomic E-state index is 13.7. The molecule has 3 rings (SSSR count). The van der Waals surface area contributed by atoms with Crippen LogP contribution in [0.1, 0.15) is 5.56 Å². The highest BCUT2D eigenvalue weighted by atomic mass is 32.2. The minimum absolute atomic E-state index is 0.135. The SMILES string of the molecule is CSc1ccc(/C=C2/SC(=Nc3ccccc3F)N(C)C2=O)cc1. The summed E-state index contributed by atoms with van der Waals surface area (Å²) in [7, 11) is 1.65. The molecule has 0 aliphatic carbocycles. The largest absolute Gasteiger partial charge is 0.290 e. The van der Waals surface area contributed by atoms with E-state index in [0.29, 0.717) is 10.1 Å². The zero-order valence-corrected chi connectivity index (χ0v) is 14.8. The van der Waals surface area contributed by atoms with Crippen LogP contribution in [0.5, 0.6) is 0 Å². The molecule has 6 heteroatoms. The van der Waals surface area contributed by atoms with Crippen molar-refractivity contribution in [2.24, 2.45) is 4.99 Å². The summed E-state index contributed by atoms with van der Waals surface area (Å²) in [5.74, 6) is -0.541. The average Bonchev–Trinajstić information content (AvgIpc) is 2.86. The minimum atomic E-state index is -0.406. The highest BCUT2D eigenvalue weighted by Gasteiger charge is 2.30. The number of amidine groups is 1. The molecule has 0 spiro atoms. The molecule has 1 saturated heterocycles. The molecule has 2 aromatic rings. The van der Waals surface area contributed by atoms with E-state index in [4.69, 9.17) is 0 Å². The second-order valence-electron chi connectivity index (χ2n) is 5.09. The lowest BCUT2D eigenvalue weighted by Gasteiger charge is -2.07. The molecule has 0 saturated carbocycles. The van der Waals surface area contributed by atoms with Gasteiger partial charge in [0, 0.05) is 11.9 Å². The molecule has 122 valence electrons. The molecule has 0 bridgehead atoms. The van der Waals surface area contributed by atoms with Crippen molar-refractivity contribution in [2.75, 3.05) is 13.3 Å². The summed E-state index contributed by atoms with van der Waals surface area (Å²) >= 11 is 2.92. The summed E-state index contributed by atoms with van der Waals surface area (Å²) in [5, 5.41) is 0.470. The van der Waals surface area contributed by atoms with Crippen LogP contribution in [-0.4, -0.2) is 29.3 Å². The number of amides is 1. The van der Waals surface area contributed by atoms with Crippen LogP contribution in [0.15, 0.2) is 63.3 Å². The van der Waals surface area contributed by atoms with E-state index >= 15 is 0 Å². The number of benzene rings is 2. The summed E-state index contributed by atoms with van der Waals surface area (Å²) in [4.78, 5) is 19.8. The maximum absolute atomic E-state index is 13.7. The second kappa shape index (κ2) is 7.23. The molecule has 0 N–H and O–H groups in total. The first-order valence-electron chi connectivity index (χ1n) is 7.23. The molecule has 1 heterocycles. The van der Waals surface area contributed by atoms with Crippen molar-refractivity contribution in [2.45, 2.75) is 4.90 Å². The van der Waals surface area contributed by atoms with Gasteiger partial charge in [-0.3, -0.25) is 9.69 Å². The Morgan fingerprint density at radius 2 is 1.88 bits per heavy atom. The number of thioether (sulfide) groups is 2. The Bertz CT molecular complexity index is 831. The minimum Gasteiger partial charge on any atom is -0.290 e. The Hall–Kier alpha value is -2.05. The predicted octanol–water partition coefficient (Wildman–Crippen LogP) is 4.78. The molecular formula is C18H15FN2OS2. The first kappa shape index (κ1) is 16.8. The van der Waals surface area contributed by atoms with Gasteiger partial charge in [0.05, 0.1) is 4.91 Å². The van der Waals surface area contributed by atoms with Crippen molar-refractivity contribution in [1.82, 2.24) is 4.90 Å². The van der Waals surface area contributed by atoms with E-state index in [9.17, 15) is 9.18 Å². The van der Waals surface area contributed by atoms with Gasteiger partial charge in [-0.15, -0.1) is 11.8 Å². The number of para-hydroxylation sites is 1. The highest BCUT2D eigenvalue weighted by molar-refractivity contribution is 8.18. The number of halogens is 1. The Morgan fingerprint density at radius 1 is 1.17 bits per heavy atom. The molecule has 2 aromatic carbocycles. The van der Waals surface area contributed by atoms with Crippen molar-refractivity contribution in [3.63, 3.8) is 0 Å². The van der Waals surface area contributed by atoms with E-state index in [-0.39, 0.29) is 11.6 Å². The third-order valence-electron chi connectivity index (χ3n) is 3.49. The Balaban J connectivity index is 1.88. The first-order chi connectivity index (χ1) is 11.6. The van der Waals surface area contributed by atoms with Gasteiger partial charge in [-0.2, -0.15) is 0 Å². The molecule has 0 aromatic heterocycles. The smallest absolute Gasteiger partial charge is 0.266 e. The predicted molar refractivity (Wildman–Crippen MR) is 100 cm³/mol. The number of rotatable bonds is 3. The van der Waals surface area contributed by atoms with Crippen LogP contribution in [-0.2, 0) is 4.79 Å². The fourth-order valence-electron chi connectivity index (χ4n) is 2.15. The normalized spacial score (nSPS) is 18.0. The van der Waals surface area contributed by atoms with Crippen LogP contribution in [0.2, 0.25) is 0 Å². The lowest BCUT2D eigenvalue weighted by Crippen LogP contribution is -2.23. The molecule has 1 aliphatic rings. The van der Waals surface area contributed by atoms with Crippen molar-refractivity contribution in [3.8, 4) is 0 Å². The van der Waals surface area contributed by atoms with Crippen LogP contribution in [0, 0.1) is 5.82 Å². The maximum Gasteiger partial charge on any atom is 0.266 e. The number of aliphatic imine (C=N–C) groups is 1. The van der Waals surface area contributed by atoms with Crippen LogP contribution < -0.4 is 0 Å². The summed E-state index contributed by atoms with van der Waals surface area (Å²) in [5.41, 5.74) is 1.18. The topological polar surface area (TPSA) is 32.7 Å². The molecular weight excluding hydrogens is 343 g/mol. The number of carbonyl (C=O) groups is 1. The van der Waals surface area contributed by atoms with Gasteiger partial charge < -0.3 is 0 Å². The van der Waals surface area contributed by atoms with Gasteiger partial charge in [-0.05, 0) is 53.9 Å². The van der Waals surface area contributed by atoms with E-state index in [1.165, 1.54) is 27.6 Å². The zero-order valence-electron chi connectivity index (χ0n) is 13.2. The van der Waals surface area contributed by atoms with Gasteiger partial charge in [-0.1, -0.05) is 24.3 Å². The third-order valence-corrected chi connectivity index (χ3v) is 5.29. The van der Waals surface area contributed by atoms with Gasteiger partial charge in [-0.25, -0.2) is 9.38 Å². The van der Waals surface area contributed by atoms with Crippen molar-refractivity contribution >= 4 is 46.4 Å². The van der Waals surface area contributed by atoms with Crippen LogP contribution in [0.3, 0.4) is 0 Å². The van der Waals surface area contributed by atoms with Gasteiger partial charge in [0.15, 0.2) is 5.17 Å². The Labute approximate surface area is 148 Å². The van der Waals surface area contributed by atoms with Gasteiger partial charge in [0.2, 0.25) is 0 Å². The van der Waals surface area contributed by atoms with Gasteiger partial charge in [0.25, 0.3) is 5.91 Å². The Morgan fingerprint density at radius 3 is 2.54 bits per heavy atom.